The minimum absolute atomic E-state index is 0.309. The van der Waals surface area contributed by atoms with Crippen molar-refractivity contribution in [2.24, 2.45) is 0 Å². The Bertz CT molecular complexity index is 851. The lowest BCUT2D eigenvalue weighted by molar-refractivity contribution is 0.313. The summed E-state index contributed by atoms with van der Waals surface area (Å²) in [6, 6.07) is 14.9. The maximum atomic E-state index is 5.77. The molecule has 3 aromatic rings. The van der Waals surface area contributed by atoms with E-state index in [1.807, 2.05) is 12.1 Å². The van der Waals surface area contributed by atoms with Gasteiger partial charge in [-0.1, -0.05) is 30.3 Å². The lowest BCUT2D eigenvalue weighted by Crippen LogP contribution is -2.44. The van der Waals surface area contributed by atoms with Crippen molar-refractivity contribution in [3.8, 4) is 11.1 Å². The highest BCUT2D eigenvalue weighted by Crippen LogP contribution is 2.29. The van der Waals surface area contributed by atoms with Crippen molar-refractivity contribution in [1.29, 1.82) is 0 Å². The number of hydrogen-bond acceptors (Lipinski definition) is 5. The number of nitrogens with two attached hydrogens (primary N) is 1. The summed E-state index contributed by atoms with van der Waals surface area (Å²) in [4.78, 5) is 13.3. The minimum Gasteiger partial charge on any atom is -0.369 e. The van der Waals surface area contributed by atoms with Crippen LogP contribution >= 0.6 is 0 Å². The van der Waals surface area contributed by atoms with Crippen LogP contribution in [0.15, 0.2) is 48.7 Å². The van der Waals surface area contributed by atoms with Gasteiger partial charge in [0, 0.05) is 49.0 Å². The molecule has 1 fully saturated rings. The summed E-state index contributed by atoms with van der Waals surface area (Å²) in [7, 11) is 2.18. The van der Waals surface area contributed by atoms with Gasteiger partial charge in [0.15, 0.2) is 0 Å². The summed E-state index contributed by atoms with van der Waals surface area (Å²) >= 11 is 0. The van der Waals surface area contributed by atoms with Gasteiger partial charge in [-0.05, 0) is 24.7 Å². The molecule has 0 unspecified atom stereocenters. The van der Waals surface area contributed by atoms with E-state index in [9.17, 15) is 0 Å². The molecule has 0 radical (unpaired) electrons. The van der Waals surface area contributed by atoms with Crippen LogP contribution in [0.2, 0.25) is 0 Å². The summed E-state index contributed by atoms with van der Waals surface area (Å²) in [6.45, 7) is 4.38. The lowest BCUT2D eigenvalue weighted by Gasteiger charge is -2.34. The molecular formula is C19H21N5. The molecule has 0 atom stereocenters. The lowest BCUT2D eigenvalue weighted by atomic mass is 10.0. The summed E-state index contributed by atoms with van der Waals surface area (Å²) in [5, 5.41) is 1.00. The minimum atomic E-state index is 0.309. The predicted octanol–water partition coefficient (Wildman–Crippen LogP) is 2.63. The van der Waals surface area contributed by atoms with E-state index in [1.54, 1.807) is 6.20 Å². The van der Waals surface area contributed by atoms with Gasteiger partial charge in [-0.3, -0.25) is 0 Å². The van der Waals surface area contributed by atoms with Crippen molar-refractivity contribution < 1.29 is 0 Å². The topological polar surface area (TPSA) is 58.3 Å². The van der Waals surface area contributed by atoms with E-state index in [1.165, 1.54) is 5.69 Å². The molecule has 122 valence electrons. The third-order valence-corrected chi connectivity index (χ3v) is 4.68. The Morgan fingerprint density at radius 2 is 1.71 bits per heavy atom. The summed E-state index contributed by atoms with van der Waals surface area (Å²) < 4.78 is 0. The highest BCUT2D eigenvalue weighted by Gasteiger charge is 2.14. The van der Waals surface area contributed by atoms with Crippen molar-refractivity contribution in [3.05, 3.63) is 48.7 Å². The van der Waals surface area contributed by atoms with E-state index in [-0.39, 0.29) is 0 Å². The fourth-order valence-electron chi connectivity index (χ4n) is 3.22. The number of nitrogen functional groups attached to an aromatic ring is 1. The van der Waals surface area contributed by atoms with Gasteiger partial charge >= 0.3 is 0 Å². The van der Waals surface area contributed by atoms with Crippen LogP contribution < -0.4 is 10.6 Å². The molecule has 1 aliphatic rings. The van der Waals surface area contributed by atoms with Crippen LogP contribution in [-0.4, -0.2) is 48.1 Å². The SMILES string of the molecule is CN1CCN(c2ccc(-c3cccc4cnc(N)nc34)cc2)CC1. The Hall–Kier alpha value is -2.66. The van der Waals surface area contributed by atoms with Crippen LogP contribution in [0.5, 0.6) is 0 Å². The van der Waals surface area contributed by atoms with Gasteiger partial charge in [-0.25, -0.2) is 9.97 Å². The first-order valence-corrected chi connectivity index (χ1v) is 8.26. The molecule has 4 rings (SSSR count). The monoisotopic (exact) mass is 319 g/mol. The summed E-state index contributed by atoms with van der Waals surface area (Å²) in [5.41, 5.74) is 10.2. The average molecular weight is 319 g/mol. The molecule has 1 aromatic heterocycles. The number of rotatable bonds is 2. The Kier molecular flexibility index (Phi) is 3.78. The zero-order valence-corrected chi connectivity index (χ0v) is 13.8. The standard InChI is InChI=1S/C19H21N5/c1-23-9-11-24(12-10-23)16-7-5-14(6-8-16)17-4-2-3-15-13-21-19(20)22-18(15)17/h2-8,13H,9-12H2,1H3,(H2,20,21,22). The van der Waals surface area contributed by atoms with Crippen molar-refractivity contribution in [2.45, 2.75) is 0 Å². The average Bonchev–Trinajstić information content (AvgIpc) is 2.62. The van der Waals surface area contributed by atoms with E-state index < -0.39 is 0 Å². The third-order valence-electron chi connectivity index (χ3n) is 4.68. The van der Waals surface area contributed by atoms with Crippen LogP contribution in [-0.2, 0) is 0 Å². The third kappa shape index (κ3) is 2.78. The van der Waals surface area contributed by atoms with E-state index >= 15 is 0 Å². The second-order valence-corrected chi connectivity index (χ2v) is 6.31. The van der Waals surface area contributed by atoms with E-state index in [4.69, 9.17) is 5.73 Å². The smallest absolute Gasteiger partial charge is 0.220 e. The van der Waals surface area contributed by atoms with Gasteiger partial charge in [0.05, 0.1) is 5.52 Å². The maximum Gasteiger partial charge on any atom is 0.220 e. The van der Waals surface area contributed by atoms with Gasteiger partial charge in [0.25, 0.3) is 0 Å². The fraction of sp³-hybridized carbons (Fsp3) is 0.263. The Balaban J connectivity index is 1.67. The number of anilines is 2. The molecular weight excluding hydrogens is 298 g/mol. The van der Waals surface area contributed by atoms with Gasteiger partial charge in [-0.15, -0.1) is 0 Å². The van der Waals surface area contributed by atoms with Crippen LogP contribution in [0, 0.1) is 0 Å². The van der Waals surface area contributed by atoms with Gasteiger partial charge in [0.1, 0.15) is 0 Å². The number of piperazine rings is 1. The Morgan fingerprint density at radius 1 is 0.958 bits per heavy atom. The highest BCUT2D eigenvalue weighted by atomic mass is 15.2. The molecule has 0 bridgehead atoms. The first kappa shape index (κ1) is 14.9. The summed E-state index contributed by atoms with van der Waals surface area (Å²) in [6.07, 6.45) is 1.78. The quantitative estimate of drug-likeness (QED) is 0.787. The molecule has 2 heterocycles. The zero-order chi connectivity index (χ0) is 16.5. The molecule has 5 heteroatoms. The Morgan fingerprint density at radius 3 is 2.46 bits per heavy atom. The van der Waals surface area contributed by atoms with Crippen LogP contribution in [0.25, 0.3) is 22.0 Å². The number of fused-ring (bicyclic) bond motifs is 1. The van der Waals surface area contributed by atoms with Gasteiger partial charge in [0.2, 0.25) is 5.95 Å². The van der Waals surface area contributed by atoms with Crippen LogP contribution in [0.4, 0.5) is 11.6 Å². The summed E-state index contributed by atoms with van der Waals surface area (Å²) in [5.74, 6) is 0.309. The first-order chi connectivity index (χ1) is 11.7. The molecule has 1 aliphatic heterocycles. The van der Waals surface area contributed by atoms with Crippen molar-refractivity contribution in [3.63, 3.8) is 0 Å². The second-order valence-electron chi connectivity index (χ2n) is 6.31. The predicted molar refractivity (Wildman–Crippen MR) is 99.1 cm³/mol. The van der Waals surface area contributed by atoms with Crippen LogP contribution in [0.1, 0.15) is 0 Å². The molecule has 2 N–H and O–H groups in total. The number of hydrogen-bond donors (Lipinski definition) is 1. The molecule has 0 aliphatic carbocycles. The first-order valence-electron chi connectivity index (χ1n) is 8.26. The van der Waals surface area contributed by atoms with E-state index in [0.29, 0.717) is 5.95 Å². The second kappa shape index (κ2) is 6.09. The molecule has 24 heavy (non-hydrogen) atoms. The fourth-order valence-corrected chi connectivity index (χ4v) is 3.22. The van der Waals surface area contributed by atoms with Crippen molar-refractivity contribution >= 4 is 22.5 Å². The van der Waals surface area contributed by atoms with E-state index in [2.05, 4.69) is 57.1 Å². The number of likely N-dealkylation sites (N-methyl/N-ethyl adjacent to an activating group) is 1. The molecule has 1 saturated heterocycles. The van der Waals surface area contributed by atoms with Gasteiger partial charge < -0.3 is 15.5 Å². The molecule has 0 amide bonds. The number of aromatic nitrogens is 2. The largest absolute Gasteiger partial charge is 0.369 e. The number of para-hydroxylation sites is 1. The van der Waals surface area contributed by atoms with Crippen molar-refractivity contribution in [2.75, 3.05) is 43.9 Å². The normalized spacial score (nSPS) is 15.8. The number of nitrogens with zero attached hydrogens (tertiary/aromatic N) is 4. The van der Waals surface area contributed by atoms with E-state index in [0.717, 1.165) is 48.2 Å². The zero-order valence-electron chi connectivity index (χ0n) is 13.8. The highest BCUT2D eigenvalue weighted by molar-refractivity contribution is 5.93. The molecule has 0 saturated carbocycles. The molecule has 2 aromatic carbocycles. The maximum absolute atomic E-state index is 5.77. The molecule has 0 spiro atoms. The Labute approximate surface area is 141 Å². The number of benzene rings is 2. The van der Waals surface area contributed by atoms with Gasteiger partial charge in [-0.2, -0.15) is 0 Å². The molecule has 5 nitrogen and oxygen atoms in total. The van der Waals surface area contributed by atoms with Crippen molar-refractivity contribution in [1.82, 2.24) is 14.9 Å². The van der Waals surface area contributed by atoms with Crippen LogP contribution in [0.3, 0.4) is 0 Å².